The van der Waals surface area contributed by atoms with Crippen LogP contribution in [0, 0.1) is 6.92 Å². The Hall–Kier alpha value is -2.04. The molecule has 2 aromatic rings. The minimum absolute atomic E-state index is 0.0962. The van der Waals surface area contributed by atoms with Crippen molar-refractivity contribution in [1.29, 1.82) is 0 Å². The van der Waals surface area contributed by atoms with Crippen molar-refractivity contribution < 1.29 is 9.53 Å². The molecule has 0 aliphatic heterocycles. The Morgan fingerprint density at radius 2 is 2.00 bits per heavy atom. The van der Waals surface area contributed by atoms with Gasteiger partial charge in [0.05, 0.1) is 16.8 Å². The first kappa shape index (κ1) is 18.3. The quantitative estimate of drug-likeness (QED) is 0.824. The van der Waals surface area contributed by atoms with Crippen LogP contribution in [-0.2, 0) is 4.79 Å². The van der Waals surface area contributed by atoms with E-state index in [2.05, 4.69) is 5.32 Å². The van der Waals surface area contributed by atoms with Gasteiger partial charge in [0.2, 0.25) is 5.91 Å². The average molecular weight is 347 g/mol. The second kappa shape index (κ2) is 8.71. The highest BCUT2D eigenvalue weighted by molar-refractivity contribution is 6.33. The topological polar surface area (TPSA) is 41.6 Å². The standard InChI is InChI=1S/C19H23ClN2O2/c1-14-7-6-8-16(13-14)24-12-11-22(3)15(2)19(23)21-18-10-5-4-9-17(18)20/h4-10,13,15H,11-12H2,1-3H3,(H,21,23). The normalized spacial score (nSPS) is 12.0. The molecule has 0 saturated carbocycles. The second-order valence-electron chi connectivity index (χ2n) is 5.79. The highest BCUT2D eigenvalue weighted by Gasteiger charge is 2.18. The summed E-state index contributed by atoms with van der Waals surface area (Å²) in [6.45, 7) is 5.05. The number of para-hydroxylation sites is 1. The molecule has 1 unspecified atom stereocenters. The number of hydrogen-bond acceptors (Lipinski definition) is 3. The smallest absolute Gasteiger partial charge is 0.241 e. The predicted octanol–water partition coefficient (Wildman–Crippen LogP) is 3.99. The van der Waals surface area contributed by atoms with E-state index in [1.165, 1.54) is 0 Å². The van der Waals surface area contributed by atoms with Gasteiger partial charge in [0.15, 0.2) is 0 Å². The summed E-state index contributed by atoms with van der Waals surface area (Å²) >= 11 is 6.07. The molecule has 128 valence electrons. The molecular formula is C19H23ClN2O2. The molecule has 1 amide bonds. The van der Waals surface area contributed by atoms with Crippen LogP contribution in [0.3, 0.4) is 0 Å². The van der Waals surface area contributed by atoms with Gasteiger partial charge < -0.3 is 10.1 Å². The van der Waals surface area contributed by atoms with Crippen LogP contribution in [0.2, 0.25) is 5.02 Å². The molecule has 1 N–H and O–H groups in total. The zero-order valence-corrected chi connectivity index (χ0v) is 15.0. The summed E-state index contributed by atoms with van der Waals surface area (Å²) in [5.41, 5.74) is 1.79. The number of anilines is 1. The number of benzene rings is 2. The Labute approximate surface area is 148 Å². The van der Waals surface area contributed by atoms with Gasteiger partial charge in [-0.15, -0.1) is 0 Å². The zero-order valence-electron chi connectivity index (χ0n) is 14.3. The van der Waals surface area contributed by atoms with Crippen molar-refractivity contribution in [3.63, 3.8) is 0 Å². The highest BCUT2D eigenvalue weighted by Crippen LogP contribution is 2.20. The minimum atomic E-state index is -0.289. The second-order valence-corrected chi connectivity index (χ2v) is 6.20. The summed E-state index contributed by atoms with van der Waals surface area (Å²) in [7, 11) is 1.90. The van der Waals surface area contributed by atoms with Crippen LogP contribution in [0.25, 0.3) is 0 Å². The number of aryl methyl sites for hydroxylation is 1. The summed E-state index contributed by atoms with van der Waals surface area (Å²) in [4.78, 5) is 14.3. The van der Waals surface area contributed by atoms with Gasteiger partial charge in [-0.05, 0) is 50.7 Å². The summed E-state index contributed by atoms with van der Waals surface area (Å²) in [6.07, 6.45) is 0. The number of rotatable bonds is 7. The number of carbonyl (C=O) groups excluding carboxylic acids is 1. The lowest BCUT2D eigenvalue weighted by Crippen LogP contribution is -2.41. The van der Waals surface area contributed by atoms with Gasteiger partial charge in [-0.25, -0.2) is 0 Å². The third-order valence-electron chi connectivity index (χ3n) is 3.87. The van der Waals surface area contributed by atoms with Crippen molar-refractivity contribution in [2.24, 2.45) is 0 Å². The van der Waals surface area contributed by atoms with E-state index in [0.29, 0.717) is 23.9 Å². The molecule has 1 atom stereocenters. The van der Waals surface area contributed by atoms with Gasteiger partial charge in [0.1, 0.15) is 12.4 Å². The molecule has 0 spiro atoms. The minimum Gasteiger partial charge on any atom is -0.492 e. The molecule has 0 bridgehead atoms. The highest BCUT2D eigenvalue weighted by atomic mass is 35.5. The molecule has 0 aliphatic rings. The third-order valence-corrected chi connectivity index (χ3v) is 4.20. The molecule has 4 nitrogen and oxygen atoms in total. The average Bonchev–Trinajstić information content (AvgIpc) is 2.56. The van der Waals surface area contributed by atoms with Crippen molar-refractivity contribution in [2.45, 2.75) is 19.9 Å². The first-order chi connectivity index (χ1) is 11.5. The Balaban J connectivity index is 1.82. The molecule has 0 heterocycles. The van der Waals surface area contributed by atoms with Crippen LogP contribution in [0.15, 0.2) is 48.5 Å². The SMILES string of the molecule is Cc1cccc(OCCN(C)C(C)C(=O)Nc2ccccc2Cl)c1. The number of likely N-dealkylation sites (N-methyl/N-ethyl adjacent to an activating group) is 1. The predicted molar refractivity (Wildman–Crippen MR) is 98.8 cm³/mol. The Morgan fingerprint density at radius 1 is 1.25 bits per heavy atom. The number of carbonyl (C=O) groups is 1. The summed E-state index contributed by atoms with van der Waals surface area (Å²) in [6, 6.07) is 14.8. The van der Waals surface area contributed by atoms with Crippen LogP contribution in [0.1, 0.15) is 12.5 Å². The maximum atomic E-state index is 12.3. The molecule has 0 fully saturated rings. The van der Waals surface area contributed by atoms with Gasteiger partial charge in [-0.3, -0.25) is 9.69 Å². The molecule has 0 aliphatic carbocycles. The maximum Gasteiger partial charge on any atom is 0.241 e. The van der Waals surface area contributed by atoms with E-state index in [1.54, 1.807) is 12.1 Å². The van der Waals surface area contributed by atoms with Crippen LogP contribution >= 0.6 is 11.6 Å². The number of hydrogen-bond donors (Lipinski definition) is 1. The maximum absolute atomic E-state index is 12.3. The van der Waals surface area contributed by atoms with E-state index in [-0.39, 0.29) is 11.9 Å². The first-order valence-corrected chi connectivity index (χ1v) is 8.30. The van der Waals surface area contributed by atoms with E-state index in [4.69, 9.17) is 16.3 Å². The van der Waals surface area contributed by atoms with E-state index in [1.807, 2.05) is 62.2 Å². The molecule has 24 heavy (non-hydrogen) atoms. The van der Waals surface area contributed by atoms with Gasteiger partial charge in [0, 0.05) is 6.54 Å². The van der Waals surface area contributed by atoms with Gasteiger partial charge in [-0.2, -0.15) is 0 Å². The van der Waals surface area contributed by atoms with Gasteiger partial charge in [0.25, 0.3) is 0 Å². The van der Waals surface area contributed by atoms with Crippen molar-refractivity contribution in [2.75, 3.05) is 25.5 Å². The van der Waals surface area contributed by atoms with E-state index >= 15 is 0 Å². The van der Waals surface area contributed by atoms with E-state index in [0.717, 1.165) is 11.3 Å². The summed E-state index contributed by atoms with van der Waals surface area (Å²) in [5, 5.41) is 3.38. The molecule has 2 aromatic carbocycles. The van der Waals surface area contributed by atoms with Crippen molar-refractivity contribution in [1.82, 2.24) is 4.90 Å². The molecule has 0 radical (unpaired) electrons. The molecule has 0 saturated heterocycles. The van der Waals surface area contributed by atoms with Gasteiger partial charge >= 0.3 is 0 Å². The molecule has 5 heteroatoms. The monoisotopic (exact) mass is 346 g/mol. The largest absolute Gasteiger partial charge is 0.492 e. The Kier molecular flexibility index (Phi) is 6.64. The summed E-state index contributed by atoms with van der Waals surface area (Å²) < 4.78 is 5.73. The van der Waals surface area contributed by atoms with Crippen LogP contribution in [0.4, 0.5) is 5.69 Å². The number of amides is 1. The summed E-state index contributed by atoms with van der Waals surface area (Å²) in [5.74, 6) is 0.748. The van der Waals surface area contributed by atoms with Crippen LogP contribution < -0.4 is 10.1 Å². The van der Waals surface area contributed by atoms with Crippen molar-refractivity contribution >= 4 is 23.2 Å². The lowest BCUT2D eigenvalue weighted by atomic mass is 10.2. The molecule has 2 rings (SSSR count). The van der Waals surface area contributed by atoms with Crippen LogP contribution in [-0.4, -0.2) is 37.0 Å². The zero-order chi connectivity index (χ0) is 17.5. The molecular weight excluding hydrogens is 324 g/mol. The fourth-order valence-corrected chi connectivity index (χ4v) is 2.39. The van der Waals surface area contributed by atoms with Crippen LogP contribution in [0.5, 0.6) is 5.75 Å². The van der Waals surface area contributed by atoms with E-state index < -0.39 is 0 Å². The number of nitrogens with zero attached hydrogens (tertiary/aromatic N) is 1. The Bertz CT molecular complexity index is 691. The fraction of sp³-hybridized carbons (Fsp3) is 0.316. The first-order valence-electron chi connectivity index (χ1n) is 7.92. The number of ether oxygens (including phenoxy) is 1. The lowest BCUT2D eigenvalue weighted by Gasteiger charge is -2.24. The number of nitrogens with one attached hydrogen (secondary N) is 1. The van der Waals surface area contributed by atoms with Crippen molar-refractivity contribution in [3.8, 4) is 5.75 Å². The lowest BCUT2D eigenvalue weighted by molar-refractivity contribution is -0.120. The third kappa shape index (κ3) is 5.25. The molecule has 0 aromatic heterocycles. The van der Waals surface area contributed by atoms with Gasteiger partial charge in [-0.1, -0.05) is 35.9 Å². The Morgan fingerprint density at radius 3 is 2.71 bits per heavy atom. The van der Waals surface area contributed by atoms with Crippen molar-refractivity contribution in [3.05, 3.63) is 59.1 Å². The fourth-order valence-electron chi connectivity index (χ4n) is 2.21. The number of halogens is 1. The van der Waals surface area contributed by atoms with E-state index in [9.17, 15) is 4.79 Å².